The molecule has 0 radical (unpaired) electrons. The van der Waals surface area contributed by atoms with Crippen LogP contribution in [0.1, 0.15) is 11.1 Å². The maximum Gasteiger partial charge on any atom is 0.338 e. The summed E-state index contributed by atoms with van der Waals surface area (Å²) >= 11 is 0. The summed E-state index contributed by atoms with van der Waals surface area (Å²) in [5.41, 5.74) is 1.59. The van der Waals surface area contributed by atoms with Gasteiger partial charge in [-0.3, -0.25) is 0 Å². The number of aliphatic imine (C=N–C) groups is 1. The largest absolute Gasteiger partial charge is 0.496 e. The first-order chi connectivity index (χ1) is 11.2. The van der Waals surface area contributed by atoms with E-state index in [1.165, 1.54) is 0 Å². The molecule has 23 heavy (non-hydrogen) atoms. The van der Waals surface area contributed by atoms with Crippen LogP contribution in [0.4, 0.5) is 0 Å². The summed E-state index contributed by atoms with van der Waals surface area (Å²) in [6.07, 6.45) is 0.501. The van der Waals surface area contributed by atoms with E-state index in [0.29, 0.717) is 23.5 Å². The monoisotopic (exact) mass is 311 g/mol. The summed E-state index contributed by atoms with van der Waals surface area (Å²) in [5, 5.41) is 0. The third kappa shape index (κ3) is 3.04. The van der Waals surface area contributed by atoms with Gasteiger partial charge in [0.1, 0.15) is 17.1 Å². The lowest BCUT2D eigenvalue weighted by molar-refractivity contribution is -0.134. The van der Waals surface area contributed by atoms with Crippen molar-refractivity contribution in [2.24, 2.45) is 4.99 Å². The molecule has 0 fully saturated rings. The maximum absolute atomic E-state index is 12.1. The van der Waals surface area contributed by atoms with Crippen molar-refractivity contribution >= 4 is 11.9 Å². The Kier molecular flexibility index (Phi) is 4.28. The fourth-order valence-electron chi connectivity index (χ4n) is 2.53. The van der Waals surface area contributed by atoms with Gasteiger partial charge in [0.05, 0.1) is 14.2 Å². The average molecular weight is 311 g/mol. The van der Waals surface area contributed by atoms with Crippen LogP contribution < -0.4 is 9.47 Å². The standard InChI is InChI=1S/C18H17NO4/c1-21-14-9-6-10-15(22-2)16(14)17-19-13(18(20)23-17)11-12-7-4-3-5-8-12/h3-10,13H,11H2,1-2H3. The van der Waals surface area contributed by atoms with Gasteiger partial charge in [-0.05, 0) is 17.7 Å². The predicted octanol–water partition coefficient (Wildman–Crippen LogP) is 2.62. The highest BCUT2D eigenvalue weighted by Crippen LogP contribution is 2.31. The Morgan fingerprint density at radius 2 is 1.65 bits per heavy atom. The summed E-state index contributed by atoms with van der Waals surface area (Å²) in [4.78, 5) is 16.6. The van der Waals surface area contributed by atoms with Crippen molar-refractivity contribution in [1.82, 2.24) is 0 Å². The second kappa shape index (κ2) is 6.52. The van der Waals surface area contributed by atoms with Crippen molar-refractivity contribution in [2.45, 2.75) is 12.5 Å². The predicted molar refractivity (Wildman–Crippen MR) is 86.1 cm³/mol. The number of carbonyl (C=O) groups excluding carboxylic acids is 1. The van der Waals surface area contributed by atoms with Crippen LogP contribution in [0.25, 0.3) is 0 Å². The quantitative estimate of drug-likeness (QED) is 0.797. The Labute approximate surface area is 134 Å². The molecule has 5 heteroatoms. The molecule has 1 aliphatic rings. The number of ether oxygens (including phenoxy) is 3. The normalized spacial score (nSPS) is 16.7. The van der Waals surface area contributed by atoms with Crippen molar-refractivity contribution < 1.29 is 19.0 Å². The zero-order chi connectivity index (χ0) is 16.2. The molecule has 0 spiro atoms. The van der Waals surface area contributed by atoms with Gasteiger partial charge >= 0.3 is 5.97 Å². The van der Waals surface area contributed by atoms with Crippen LogP contribution in [0.2, 0.25) is 0 Å². The molecule has 5 nitrogen and oxygen atoms in total. The van der Waals surface area contributed by atoms with E-state index >= 15 is 0 Å². The van der Waals surface area contributed by atoms with E-state index in [9.17, 15) is 4.79 Å². The van der Waals surface area contributed by atoms with Gasteiger partial charge in [0.15, 0.2) is 6.04 Å². The molecule has 1 unspecified atom stereocenters. The summed E-state index contributed by atoms with van der Waals surface area (Å²) in [7, 11) is 3.11. The first-order valence-electron chi connectivity index (χ1n) is 7.27. The van der Waals surface area contributed by atoms with Crippen molar-refractivity contribution in [3.63, 3.8) is 0 Å². The molecular weight excluding hydrogens is 294 g/mol. The fraction of sp³-hybridized carbons (Fsp3) is 0.222. The van der Waals surface area contributed by atoms with Gasteiger partial charge in [-0.2, -0.15) is 0 Å². The number of hydrogen-bond donors (Lipinski definition) is 0. The Morgan fingerprint density at radius 3 is 2.26 bits per heavy atom. The molecule has 0 aromatic heterocycles. The molecular formula is C18H17NO4. The van der Waals surface area contributed by atoms with E-state index in [-0.39, 0.29) is 11.9 Å². The molecule has 2 aromatic carbocycles. The summed E-state index contributed by atoms with van der Waals surface area (Å²) in [5.74, 6) is 0.981. The molecule has 1 atom stereocenters. The number of hydrogen-bond acceptors (Lipinski definition) is 5. The van der Waals surface area contributed by atoms with Crippen LogP contribution in [-0.2, 0) is 16.0 Å². The molecule has 1 aliphatic heterocycles. The van der Waals surface area contributed by atoms with Crippen LogP contribution in [0.5, 0.6) is 11.5 Å². The van der Waals surface area contributed by atoms with Crippen LogP contribution in [0, 0.1) is 0 Å². The van der Waals surface area contributed by atoms with Crippen LogP contribution in [0.15, 0.2) is 53.5 Å². The third-order valence-corrected chi connectivity index (χ3v) is 3.66. The number of rotatable bonds is 5. The molecule has 2 aromatic rings. The minimum absolute atomic E-state index is 0.241. The summed E-state index contributed by atoms with van der Waals surface area (Å²) in [6, 6.07) is 14.5. The van der Waals surface area contributed by atoms with Gasteiger partial charge in [0, 0.05) is 6.42 Å². The molecule has 0 aliphatic carbocycles. The molecule has 1 heterocycles. The highest BCUT2D eigenvalue weighted by Gasteiger charge is 2.32. The van der Waals surface area contributed by atoms with Gasteiger partial charge in [-0.1, -0.05) is 36.4 Å². The summed E-state index contributed by atoms with van der Waals surface area (Å²) in [6.45, 7) is 0. The van der Waals surface area contributed by atoms with Gasteiger partial charge in [-0.25, -0.2) is 9.79 Å². The molecule has 0 N–H and O–H groups in total. The molecule has 0 bridgehead atoms. The van der Waals surface area contributed by atoms with E-state index in [2.05, 4.69) is 4.99 Å². The Morgan fingerprint density at radius 1 is 1.00 bits per heavy atom. The number of nitrogens with zero attached hydrogens (tertiary/aromatic N) is 1. The first kappa shape index (κ1) is 15.1. The molecule has 0 saturated carbocycles. The molecule has 3 rings (SSSR count). The number of carbonyl (C=O) groups is 1. The second-order valence-electron chi connectivity index (χ2n) is 5.10. The third-order valence-electron chi connectivity index (χ3n) is 3.66. The fourth-order valence-corrected chi connectivity index (χ4v) is 2.53. The minimum Gasteiger partial charge on any atom is -0.496 e. The lowest BCUT2D eigenvalue weighted by Gasteiger charge is -2.11. The van der Waals surface area contributed by atoms with Crippen molar-refractivity contribution in [1.29, 1.82) is 0 Å². The number of cyclic esters (lactones) is 1. The Balaban J connectivity index is 1.93. The van der Waals surface area contributed by atoms with Crippen LogP contribution in [-0.4, -0.2) is 32.1 Å². The van der Waals surface area contributed by atoms with E-state index in [0.717, 1.165) is 5.56 Å². The smallest absolute Gasteiger partial charge is 0.338 e. The second-order valence-corrected chi connectivity index (χ2v) is 5.10. The average Bonchev–Trinajstić information content (AvgIpc) is 2.95. The van der Waals surface area contributed by atoms with Crippen LogP contribution >= 0.6 is 0 Å². The Hall–Kier alpha value is -2.82. The van der Waals surface area contributed by atoms with Gasteiger partial charge in [0.25, 0.3) is 0 Å². The topological polar surface area (TPSA) is 57.1 Å². The molecule has 0 amide bonds. The van der Waals surface area contributed by atoms with Gasteiger partial charge in [0.2, 0.25) is 5.90 Å². The zero-order valence-electron chi connectivity index (χ0n) is 13.0. The van der Waals surface area contributed by atoms with Crippen LogP contribution in [0.3, 0.4) is 0 Å². The maximum atomic E-state index is 12.1. The lowest BCUT2D eigenvalue weighted by atomic mass is 10.1. The summed E-state index contributed by atoms with van der Waals surface area (Å²) < 4.78 is 16.0. The Bertz CT molecular complexity index is 718. The van der Waals surface area contributed by atoms with E-state index in [1.807, 2.05) is 30.3 Å². The number of methoxy groups -OCH3 is 2. The molecule has 0 saturated heterocycles. The highest BCUT2D eigenvalue weighted by molar-refractivity contribution is 6.09. The molecule has 118 valence electrons. The van der Waals surface area contributed by atoms with Crippen molar-refractivity contribution in [2.75, 3.05) is 14.2 Å². The van der Waals surface area contributed by atoms with Gasteiger partial charge < -0.3 is 14.2 Å². The van der Waals surface area contributed by atoms with E-state index in [1.54, 1.807) is 32.4 Å². The number of esters is 1. The van der Waals surface area contributed by atoms with Crippen molar-refractivity contribution in [3.8, 4) is 11.5 Å². The zero-order valence-corrected chi connectivity index (χ0v) is 13.0. The number of benzene rings is 2. The van der Waals surface area contributed by atoms with Crippen molar-refractivity contribution in [3.05, 3.63) is 59.7 Å². The highest BCUT2D eigenvalue weighted by atomic mass is 16.6. The lowest BCUT2D eigenvalue weighted by Crippen LogP contribution is -2.17. The van der Waals surface area contributed by atoms with E-state index in [4.69, 9.17) is 14.2 Å². The van der Waals surface area contributed by atoms with E-state index < -0.39 is 6.04 Å². The van der Waals surface area contributed by atoms with Gasteiger partial charge in [-0.15, -0.1) is 0 Å². The first-order valence-corrected chi connectivity index (χ1v) is 7.27. The SMILES string of the molecule is COc1cccc(OC)c1C1=NC(Cc2ccccc2)C(=O)O1. The minimum atomic E-state index is -0.554.